The van der Waals surface area contributed by atoms with Crippen molar-refractivity contribution in [2.24, 2.45) is 23.2 Å². The van der Waals surface area contributed by atoms with E-state index in [9.17, 15) is 0 Å². The van der Waals surface area contributed by atoms with Gasteiger partial charge in [0.05, 0.1) is 0 Å². The quantitative estimate of drug-likeness (QED) is 0.337. The van der Waals surface area contributed by atoms with E-state index in [1.807, 2.05) is 0 Å². The molecule has 0 aromatic heterocycles. The molecule has 138 valence electrons. The van der Waals surface area contributed by atoms with Crippen LogP contribution < -0.4 is 0 Å². The van der Waals surface area contributed by atoms with Gasteiger partial charge in [0.1, 0.15) is 0 Å². The van der Waals surface area contributed by atoms with Crippen molar-refractivity contribution >= 4 is 0 Å². The van der Waals surface area contributed by atoms with Crippen molar-refractivity contribution in [2.75, 3.05) is 0 Å². The van der Waals surface area contributed by atoms with Gasteiger partial charge in [-0.3, -0.25) is 0 Å². The van der Waals surface area contributed by atoms with Crippen LogP contribution in [-0.4, -0.2) is 0 Å². The maximum Gasteiger partial charge on any atom is 0.00206 e. The van der Waals surface area contributed by atoms with Gasteiger partial charge in [0.25, 0.3) is 0 Å². The van der Waals surface area contributed by atoms with Gasteiger partial charge in [-0.2, -0.15) is 0 Å². The fraction of sp³-hybridized carbons (Fsp3) is 0.680. The second-order valence-corrected chi connectivity index (χ2v) is 8.56. The zero-order chi connectivity index (χ0) is 17.4. The Kier molecular flexibility index (Phi) is 7.20. The molecule has 3 rings (SSSR count). The van der Waals surface area contributed by atoms with Gasteiger partial charge in [-0.15, -0.1) is 0 Å². The zero-order valence-electron chi connectivity index (χ0n) is 16.3. The molecule has 0 bridgehead atoms. The van der Waals surface area contributed by atoms with Crippen molar-refractivity contribution < 1.29 is 0 Å². The Labute approximate surface area is 156 Å². The lowest BCUT2D eigenvalue weighted by molar-refractivity contribution is 0.0731. The van der Waals surface area contributed by atoms with Crippen LogP contribution in [0.1, 0.15) is 84.0 Å². The molecular weight excluding hydrogens is 300 g/mol. The van der Waals surface area contributed by atoms with Crippen molar-refractivity contribution in [3.63, 3.8) is 0 Å². The van der Waals surface area contributed by atoms with E-state index in [0.717, 1.165) is 5.92 Å². The number of allylic oxidation sites excluding steroid dienone is 8. The number of unbranched alkanes of at least 4 members (excludes halogenated alkanes) is 6. The van der Waals surface area contributed by atoms with E-state index in [1.54, 1.807) is 0 Å². The summed E-state index contributed by atoms with van der Waals surface area (Å²) < 4.78 is 0. The third-order valence-electron chi connectivity index (χ3n) is 7.07. The van der Waals surface area contributed by atoms with E-state index in [-0.39, 0.29) is 0 Å². The summed E-state index contributed by atoms with van der Waals surface area (Å²) in [5.74, 6) is 2.20. The van der Waals surface area contributed by atoms with Crippen molar-refractivity contribution in [3.8, 4) is 0 Å². The second kappa shape index (κ2) is 9.60. The molecule has 0 heterocycles. The van der Waals surface area contributed by atoms with Crippen LogP contribution >= 0.6 is 0 Å². The SMILES string of the molecule is CCCCCCCCCC(C1C=CC=C1)(C1C=CC=C1)C1CCCC1. The van der Waals surface area contributed by atoms with Gasteiger partial charge in [-0.1, -0.05) is 113 Å². The molecule has 0 heteroatoms. The van der Waals surface area contributed by atoms with Gasteiger partial charge >= 0.3 is 0 Å². The van der Waals surface area contributed by atoms with E-state index in [1.165, 1.54) is 77.0 Å². The van der Waals surface area contributed by atoms with Crippen LogP contribution in [0, 0.1) is 23.2 Å². The van der Waals surface area contributed by atoms with Crippen LogP contribution in [-0.2, 0) is 0 Å². The molecule has 3 aliphatic carbocycles. The highest BCUT2D eigenvalue weighted by molar-refractivity contribution is 5.29. The average Bonchev–Trinajstić information content (AvgIpc) is 3.41. The van der Waals surface area contributed by atoms with E-state index >= 15 is 0 Å². The Hall–Kier alpha value is -1.04. The third kappa shape index (κ3) is 4.39. The normalized spacial score (nSPS) is 21.3. The molecule has 0 N–H and O–H groups in total. The predicted octanol–water partition coefficient (Wildman–Crippen LogP) is 7.79. The Morgan fingerprint density at radius 1 is 0.680 bits per heavy atom. The molecule has 0 atom stereocenters. The molecule has 1 fully saturated rings. The van der Waals surface area contributed by atoms with Gasteiger partial charge in [-0.25, -0.2) is 0 Å². The van der Waals surface area contributed by atoms with Crippen LogP contribution in [0.4, 0.5) is 0 Å². The monoisotopic (exact) mass is 338 g/mol. The first-order valence-corrected chi connectivity index (χ1v) is 11.1. The van der Waals surface area contributed by atoms with Crippen LogP contribution in [0.3, 0.4) is 0 Å². The summed E-state index contributed by atoms with van der Waals surface area (Å²) in [6.07, 6.45) is 36.3. The van der Waals surface area contributed by atoms with Gasteiger partial charge in [-0.05, 0) is 30.6 Å². The molecule has 1 saturated carbocycles. The minimum Gasteiger partial charge on any atom is -0.0770 e. The summed E-state index contributed by atoms with van der Waals surface area (Å²) >= 11 is 0. The van der Waals surface area contributed by atoms with Crippen molar-refractivity contribution in [2.45, 2.75) is 84.0 Å². The van der Waals surface area contributed by atoms with Crippen LogP contribution in [0.5, 0.6) is 0 Å². The summed E-state index contributed by atoms with van der Waals surface area (Å²) in [4.78, 5) is 0. The van der Waals surface area contributed by atoms with E-state index in [4.69, 9.17) is 0 Å². The standard InChI is InChI=1S/C25H38/c1-2-3-4-5-6-7-14-21-25(22-15-8-9-16-22,23-17-10-11-18-23)24-19-12-13-20-24/h8-11,15-18,22-24H,2-7,12-14,19-21H2,1H3. The average molecular weight is 339 g/mol. The summed E-state index contributed by atoms with van der Waals surface area (Å²) in [6, 6.07) is 0. The molecule has 25 heavy (non-hydrogen) atoms. The van der Waals surface area contributed by atoms with Crippen LogP contribution in [0.2, 0.25) is 0 Å². The molecule has 0 amide bonds. The minimum absolute atomic E-state index is 0.437. The highest BCUT2D eigenvalue weighted by Crippen LogP contribution is 2.56. The molecule has 0 saturated heterocycles. The lowest BCUT2D eigenvalue weighted by Crippen LogP contribution is -2.40. The highest BCUT2D eigenvalue weighted by atomic mass is 14.5. The second-order valence-electron chi connectivity index (χ2n) is 8.56. The van der Waals surface area contributed by atoms with Crippen LogP contribution in [0.15, 0.2) is 48.6 Å². The topological polar surface area (TPSA) is 0 Å². The lowest BCUT2D eigenvalue weighted by Gasteiger charge is -2.47. The third-order valence-corrected chi connectivity index (χ3v) is 7.07. The molecular formula is C25H38. The van der Waals surface area contributed by atoms with Gasteiger partial charge in [0.15, 0.2) is 0 Å². The molecule has 0 aromatic rings. The van der Waals surface area contributed by atoms with Gasteiger partial charge < -0.3 is 0 Å². The molecule has 0 nitrogen and oxygen atoms in total. The van der Waals surface area contributed by atoms with Crippen molar-refractivity contribution in [1.29, 1.82) is 0 Å². The molecule has 0 aromatic carbocycles. The lowest BCUT2D eigenvalue weighted by atomic mass is 9.57. The maximum atomic E-state index is 2.50. The van der Waals surface area contributed by atoms with Crippen molar-refractivity contribution in [3.05, 3.63) is 48.6 Å². The Morgan fingerprint density at radius 3 is 1.68 bits per heavy atom. The highest BCUT2D eigenvalue weighted by Gasteiger charge is 2.48. The van der Waals surface area contributed by atoms with E-state index < -0.39 is 0 Å². The number of rotatable bonds is 11. The summed E-state index contributed by atoms with van der Waals surface area (Å²) in [5.41, 5.74) is 0.437. The Morgan fingerprint density at radius 2 is 1.16 bits per heavy atom. The fourth-order valence-electron chi connectivity index (χ4n) is 5.74. The Balaban J connectivity index is 1.67. The first kappa shape index (κ1) is 18.7. The number of hydrogen-bond acceptors (Lipinski definition) is 0. The van der Waals surface area contributed by atoms with Crippen LogP contribution in [0.25, 0.3) is 0 Å². The largest absolute Gasteiger partial charge is 0.0770 e. The number of hydrogen-bond donors (Lipinski definition) is 0. The Bertz CT molecular complexity index is 446. The minimum atomic E-state index is 0.437. The molecule has 3 aliphatic rings. The maximum absolute atomic E-state index is 2.50. The fourth-order valence-corrected chi connectivity index (χ4v) is 5.74. The predicted molar refractivity (Wildman–Crippen MR) is 111 cm³/mol. The summed E-state index contributed by atoms with van der Waals surface area (Å²) in [6.45, 7) is 2.31. The summed E-state index contributed by atoms with van der Waals surface area (Å²) in [7, 11) is 0. The van der Waals surface area contributed by atoms with Crippen molar-refractivity contribution in [1.82, 2.24) is 0 Å². The molecule has 0 spiro atoms. The van der Waals surface area contributed by atoms with E-state index in [2.05, 4.69) is 55.5 Å². The van der Waals surface area contributed by atoms with Gasteiger partial charge in [0.2, 0.25) is 0 Å². The smallest absolute Gasteiger partial charge is 0.00206 e. The molecule has 0 radical (unpaired) electrons. The molecule has 0 unspecified atom stereocenters. The first-order valence-electron chi connectivity index (χ1n) is 11.1. The van der Waals surface area contributed by atoms with E-state index in [0.29, 0.717) is 17.3 Å². The first-order chi connectivity index (χ1) is 12.4. The molecule has 0 aliphatic heterocycles. The zero-order valence-corrected chi connectivity index (χ0v) is 16.3. The van der Waals surface area contributed by atoms with Gasteiger partial charge in [0, 0.05) is 11.8 Å². The summed E-state index contributed by atoms with van der Waals surface area (Å²) in [5, 5.41) is 0.